The highest BCUT2D eigenvalue weighted by Gasteiger charge is 2.17. The number of amides is 1. The Hall–Kier alpha value is -4.14. The summed E-state index contributed by atoms with van der Waals surface area (Å²) in [5, 5.41) is 17.2. The molecule has 0 saturated heterocycles. The SMILES string of the molecule is CCCc1noc(-c2cccn3c(CNC(=O)c4nccc5ccccc45)nnc23)n1. The molecule has 0 atom stereocenters. The van der Waals surface area contributed by atoms with Crippen molar-refractivity contribution in [1.29, 1.82) is 0 Å². The van der Waals surface area contributed by atoms with Crippen LogP contribution in [-0.2, 0) is 13.0 Å². The Morgan fingerprint density at radius 1 is 1.13 bits per heavy atom. The molecule has 5 rings (SSSR count). The molecule has 1 aromatic carbocycles. The molecular formula is C22H19N7O2. The van der Waals surface area contributed by atoms with Crippen molar-refractivity contribution in [1.82, 2.24) is 35.0 Å². The van der Waals surface area contributed by atoms with E-state index in [-0.39, 0.29) is 12.5 Å². The number of aromatic nitrogens is 6. The van der Waals surface area contributed by atoms with Gasteiger partial charge in [0.1, 0.15) is 5.69 Å². The van der Waals surface area contributed by atoms with Crippen molar-refractivity contribution in [3.63, 3.8) is 0 Å². The molecule has 4 heterocycles. The summed E-state index contributed by atoms with van der Waals surface area (Å²) in [6.45, 7) is 2.25. The molecular weight excluding hydrogens is 394 g/mol. The number of nitrogens with one attached hydrogen (secondary N) is 1. The molecule has 0 bridgehead atoms. The number of carbonyl (C=O) groups is 1. The third-order valence-corrected chi connectivity index (χ3v) is 4.97. The Bertz CT molecular complexity index is 1380. The van der Waals surface area contributed by atoms with Gasteiger partial charge >= 0.3 is 0 Å². The molecule has 0 unspecified atom stereocenters. The lowest BCUT2D eigenvalue weighted by Crippen LogP contribution is -2.25. The number of aryl methyl sites for hydroxylation is 1. The van der Waals surface area contributed by atoms with Gasteiger partial charge in [-0.3, -0.25) is 14.2 Å². The normalized spacial score (nSPS) is 11.3. The molecule has 0 radical (unpaired) electrons. The van der Waals surface area contributed by atoms with Crippen LogP contribution in [0.15, 0.2) is 59.4 Å². The van der Waals surface area contributed by atoms with Crippen LogP contribution in [0.2, 0.25) is 0 Å². The molecule has 0 saturated carbocycles. The first kappa shape index (κ1) is 18.9. The van der Waals surface area contributed by atoms with Crippen molar-refractivity contribution in [2.75, 3.05) is 0 Å². The van der Waals surface area contributed by atoms with Crippen LogP contribution in [0.25, 0.3) is 27.9 Å². The molecule has 9 heteroatoms. The van der Waals surface area contributed by atoms with Crippen LogP contribution in [0.1, 0.15) is 35.5 Å². The third-order valence-electron chi connectivity index (χ3n) is 4.97. The van der Waals surface area contributed by atoms with E-state index in [2.05, 4.69) is 37.6 Å². The topological polar surface area (TPSA) is 111 Å². The van der Waals surface area contributed by atoms with E-state index in [0.29, 0.717) is 34.4 Å². The summed E-state index contributed by atoms with van der Waals surface area (Å²) in [4.78, 5) is 21.5. The molecule has 1 amide bonds. The van der Waals surface area contributed by atoms with E-state index in [9.17, 15) is 4.79 Å². The number of fused-ring (bicyclic) bond motifs is 2. The van der Waals surface area contributed by atoms with Gasteiger partial charge in [0, 0.05) is 24.2 Å². The van der Waals surface area contributed by atoms with Gasteiger partial charge in [0.15, 0.2) is 17.3 Å². The highest BCUT2D eigenvalue weighted by Crippen LogP contribution is 2.22. The summed E-state index contributed by atoms with van der Waals surface area (Å²) in [7, 11) is 0. The van der Waals surface area contributed by atoms with Gasteiger partial charge in [-0.1, -0.05) is 36.3 Å². The van der Waals surface area contributed by atoms with E-state index >= 15 is 0 Å². The predicted molar refractivity (Wildman–Crippen MR) is 113 cm³/mol. The van der Waals surface area contributed by atoms with Gasteiger partial charge in [0.2, 0.25) is 0 Å². The Morgan fingerprint density at radius 3 is 2.94 bits per heavy atom. The maximum absolute atomic E-state index is 12.8. The number of benzene rings is 1. The van der Waals surface area contributed by atoms with Crippen molar-refractivity contribution in [3.8, 4) is 11.5 Å². The maximum Gasteiger partial charge on any atom is 0.270 e. The Kier molecular flexibility index (Phi) is 4.83. The predicted octanol–water partition coefficient (Wildman–Crippen LogP) is 3.21. The van der Waals surface area contributed by atoms with Crippen molar-refractivity contribution in [2.24, 2.45) is 0 Å². The summed E-state index contributed by atoms with van der Waals surface area (Å²) in [6.07, 6.45) is 5.15. The average Bonchev–Trinajstić information content (AvgIpc) is 3.44. The van der Waals surface area contributed by atoms with E-state index < -0.39 is 0 Å². The molecule has 31 heavy (non-hydrogen) atoms. The van der Waals surface area contributed by atoms with Crippen molar-refractivity contribution in [3.05, 3.63) is 72.2 Å². The van der Waals surface area contributed by atoms with Crippen LogP contribution >= 0.6 is 0 Å². The number of nitrogens with zero attached hydrogens (tertiary/aromatic N) is 6. The first-order valence-electron chi connectivity index (χ1n) is 10.0. The molecule has 0 aliphatic carbocycles. The molecule has 9 nitrogen and oxygen atoms in total. The summed E-state index contributed by atoms with van der Waals surface area (Å²) < 4.78 is 7.20. The van der Waals surface area contributed by atoms with Crippen LogP contribution < -0.4 is 5.32 Å². The lowest BCUT2D eigenvalue weighted by atomic mass is 10.1. The van der Waals surface area contributed by atoms with E-state index in [1.807, 2.05) is 48.7 Å². The fourth-order valence-electron chi connectivity index (χ4n) is 3.48. The molecule has 0 fully saturated rings. The van der Waals surface area contributed by atoms with Gasteiger partial charge in [0.25, 0.3) is 11.8 Å². The monoisotopic (exact) mass is 413 g/mol. The fourth-order valence-corrected chi connectivity index (χ4v) is 3.48. The van der Waals surface area contributed by atoms with E-state index in [0.717, 1.165) is 23.6 Å². The van der Waals surface area contributed by atoms with E-state index in [4.69, 9.17) is 4.52 Å². The maximum atomic E-state index is 12.8. The average molecular weight is 413 g/mol. The molecule has 1 N–H and O–H groups in total. The van der Waals surface area contributed by atoms with Gasteiger partial charge in [-0.25, -0.2) is 0 Å². The summed E-state index contributed by atoms with van der Waals surface area (Å²) in [5.74, 6) is 1.37. The van der Waals surface area contributed by atoms with Crippen molar-refractivity contribution < 1.29 is 9.32 Å². The second-order valence-electron chi connectivity index (χ2n) is 7.06. The van der Waals surface area contributed by atoms with Crippen molar-refractivity contribution in [2.45, 2.75) is 26.3 Å². The fraction of sp³-hybridized carbons (Fsp3) is 0.182. The van der Waals surface area contributed by atoms with Crippen LogP contribution in [0.5, 0.6) is 0 Å². The molecule has 0 spiro atoms. The van der Waals surface area contributed by atoms with E-state index in [1.165, 1.54) is 0 Å². The third kappa shape index (κ3) is 3.50. The lowest BCUT2D eigenvalue weighted by Gasteiger charge is -2.07. The van der Waals surface area contributed by atoms with Gasteiger partial charge in [0.05, 0.1) is 12.1 Å². The van der Waals surface area contributed by atoms with E-state index in [1.54, 1.807) is 10.6 Å². The second-order valence-corrected chi connectivity index (χ2v) is 7.06. The summed E-state index contributed by atoms with van der Waals surface area (Å²) in [6, 6.07) is 13.2. The first-order valence-corrected chi connectivity index (χ1v) is 10.0. The molecule has 4 aromatic heterocycles. The Labute approximate surface area is 177 Å². The minimum atomic E-state index is -0.272. The highest BCUT2D eigenvalue weighted by atomic mass is 16.5. The number of carbonyl (C=O) groups excluding carboxylic acids is 1. The summed E-state index contributed by atoms with van der Waals surface area (Å²) in [5.41, 5.74) is 1.65. The van der Waals surface area contributed by atoms with Gasteiger partial charge in [-0.05, 0) is 30.0 Å². The number of rotatable bonds is 6. The standard InChI is InChI=1S/C22H19N7O2/c1-2-6-17-25-22(31-28-17)16-9-5-12-29-18(26-27-20(16)29)13-24-21(30)19-15-8-4-3-7-14(15)10-11-23-19/h3-5,7-12H,2,6,13H2,1H3,(H,24,30). The minimum Gasteiger partial charge on any atom is -0.343 e. The van der Waals surface area contributed by atoms with Crippen molar-refractivity contribution >= 4 is 22.3 Å². The zero-order valence-corrected chi connectivity index (χ0v) is 16.8. The van der Waals surface area contributed by atoms with Crippen LogP contribution in [0, 0.1) is 0 Å². The highest BCUT2D eigenvalue weighted by molar-refractivity contribution is 6.05. The second kappa shape index (κ2) is 7.94. The number of pyridine rings is 2. The van der Waals surface area contributed by atoms with Gasteiger partial charge in [-0.2, -0.15) is 4.98 Å². The van der Waals surface area contributed by atoms with Crippen LogP contribution in [-0.4, -0.2) is 35.6 Å². The number of hydrogen-bond acceptors (Lipinski definition) is 7. The molecule has 0 aliphatic rings. The molecule has 5 aromatic rings. The Morgan fingerprint density at radius 2 is 2.03 bits per heavy atom. The smallest absolute Gasteiger partial charge is 0.270 e. The zero-order valence-electron chi connectivity index (χ0n) is 16.8. The van der Waals surface area contributed by atoms with Gasteiger partial charge < -0.3 is 9.84 Å². The minimum absolute atomic E-state index is 0.194. The van der Waals surface area contributed by atoms with Crippen LogP contribution in [0.3, 0.4) is 0 Å². The lowest BCUT2D eigenvalue weighted by molar-refractivity contribution is 0.0946. The summed E-state index contributed by atoms with van der Waals surface area (Å²) >= 11 is 0. The quantitative estimate of drug-likeness (QED) is 0.455. The first-order chi connectivity index (χ1) is 15.2. The van der Waals surface area contributed by atoms with Crippen LogP contribution in [0.4, 0.5) is 0 Å². The number of hydrogen-bond donors (Lipinski definition) is 1. The molecule has 0 aliphatic heterocycles. The molecule has 154 valence electrons. The largest absolute Gasteiger partial charge is 0.343 e. The van der Waals surface area contributed by atoms with Gasteiger partial charge in [-0.15, -0.1) is 10.2 Å². The Balaban J connectivity index is 1.40. The zero-order chi connectivity index (χ0) is 21.2.